The number of alkyl halides is 2. The maximum absolute atomic E-state index is 13.7. The van der Waals surface area contributed by atoms with Gasteiger partial charge in [0.05, 0.1) is 18.6 Å². The molecular formula is C15H24F2O5. The third-order valence-corrected chi connectivity index (χ3v) is 4.14. The Bertz CT molecular complexity index is 399. The molecule has 0 radical (unpaired) electrons. The van der Waals surface area contributed by atoms with Crippen LogP contribution in [0.1, 0.15) is 39.0 Å². The fraction of sp³-hybridized carbons (Fsp3) is 0.800. The van der Waals surface area contributed by atoms with E-state index in [1.54, 1.807) is 6.92 Å². The number of unbranched alkanes of at least 4 members (excludes halogenated alkanes) is 1. The summed E-state index contributed by atoms with van der Waals surface area (Å²) in [5.74, 6) is -5.91. The zero-order chi connectivity index (χ0) is 16.9. The molecule has 1 rings (SSSR count). The second-order valence-corrected chi connectivity index (χ2v) is 5.90. The average molecular weight is 322 g/mol. The van der Waals surface area contributed by atoms with E-state index in [-0.39, 0.29) is 19.3 Å². The van der Waals surface area contributed by atoms with Crippen molar-refractivity contribution in [3.05, 3.63) is 12.2 Å². The highest BCUT2D eigenvalue weighted by Crippen LogP contribution is 2.36. The molecule has 0 bridgehead atoms. The van der Waals surface area contributed by atoms with Crippen molar-refractivity contribution in [3.63, 3.8) is 0 Å². The number of halogens is 2. The Morgan fingerprint density at radius 2 is 2.00 bits per heavy atom. The first-order valence-corrected chi connectivity index (χ1v) is 7.51. The number of carbonyl (C=O) groups is 1. The van der Waals surface area contributed by atoms with Crippen LogP contribution in [0.15, 0.2) is 12.2 Å². The Labute approximate surface area is 128 Å². The lowest BCUT2D eigenvalue weighted by molar-refractivity contribution is -0.139. The number of hydrogen-bond acceptors (Lipinski definition) is 4. The quantitative estimate of drug-likeness (QED) is 0.508. The van der Waals surface area contributed by atoms with Gasteiger partial charge in [0.15, 0.2) is 0 Å². The Kier molecular flexibility index (Phi) is 6.90. The smallest absolute Gasteiger partial charge is 0.303 e. The van der Waals surface area contributed by atoms with Crippen molar-refractivity contribution < 1.29 is 34.0 Å². The molecule has 0 aromatic rings. The van der Waals surface area contributed by atoms with Gasteiger partial charge in [0.1, 0.15) is 6.10 Å². The van der Waals surface area contributed by atoms with Crippen LogP contribution < -0.4 is 0 Å². The Morgan fingerprint density at radius 1 is 1.36 bits per heavy atom. The molecule has 5 atom stereocenters. The van der Waals surface area contributed by atoms with E-state index < -0.39 is 48.5 Å². The van der Waals surface area contributed by atoms with Crippen LogP contribution in [0.3, 0.4) is 0 Å². The van der Waals surface area contributed by atoms with Gasteiger partial charge in [0, 0.05) is 24.7 Å². The van der Waals surface area contributed by atoms with Crippen molar-refractivity contribution in [2.45, 2.75) is 63.3 Å². The maximum Gasteiger partial charge on any atom is 0.303 e. The zero-order valence-corrected chi connectivity index (χ0v) is 12.5. The molecule has 0 amide bonds. The summed E-state index contributed by atoms with van der Waals surface area (Å²) in [5, 5.41) is 38.0. The molecule has 22 heavy (non-hydrogen) atoms. The topological polar surface area (TPSA) is 98.0 Å². The van der Waals surface area contributed by atoms with Gasteiger partial charge in [-0.2, -0.15) is 0 Å². The molecule has 0 saturated heterocycles. The van der Waals surface area contributed by atoms with Gasteiger partial charge in [0.25, 0.3) is 5.92 Å². The number of hydrogen-bond donors (Lipinski definition) is 4. The summed E-state index contributed by atoms with van der Waals surface area (Å²) < 4.78 is 27.3. The predicted octanol–water partition coefficient (Wildman–Crippen LogP) is 1.56. The molecule has 1 aliphatic carbocycles. The highest BCUT2D eigenvalue weighted by atomic mass is 19.3. The van der Waals surface area contributed by atoms with E-state index in [0.717, 1.165) is 6.08 Å². The molecule has 5 nitrogen and oxygen atoms in total. The molecule has 1 fully saturated rings. The molecule has 0 spiro atoms. The number of aliphatic hydroxyl groups is 3. The number of carboxylic acids is 1. The minimum Gasteiger partial charge on any atom is -0.481 e. The number of aliphatic hydroxyl groups excluding tert-OH is 3. The predicted molar refractivity (Wildman–Crippen MR) is 75.5 cm³/mol. The van der Waals surface area contributed by atoms with E-state index in [1.165, 1.54) is 6.08 Å². The third-order valence-electron chi connectivity index (χ3n) is 4.14. The van der Waals surface area contributed by atoms with Gasteiger partial charge in [0.2, 0.25) is 0 Å². The van der Waals surface area contributed by atoms with Crippen LogP contribution in [0.5, 0.6) is 0 Å². The molecule has 1 saturated carbocycles. The van der Waals surface area contributed by atoms with Gasteiger partial charge in [-0.3, -0.25) is 4.79 Å². The molecule has 128 valence electrons. The molecule has 0 unspecified atom stereocenters. The number of rotatable bonds is 8. The lowest BCUT2D eigenvalue weighted by Gasteiger charge is -2.22. The van der Waals surface area contributed by atoms with Crippen molar-refractivity contribution >= 4 is 5.97 Å². The minimum absolute atomic E-state index is 0.00469. The third kappa shape index (κ3) is 5.00. The molecule has 7 heteroatoms. The number of aliphatic carboxylic acids is 1. The molecule has 1 aliphatic rings. The Balaban J connectivity index is 2.74. The molecule has 4 N–H and O–H groups in total. The maximum atomic E-state index is 13.7. The zero-order valence-electron chi connectivity index (χ0n) is 12.5. The fourth-order valence-corrected chi connectivity index (χ4v) is 2.80. The van der Waals surface area contributed by atoms with Gasteiger partial charge in [-0.05, 0) is 6.42 Å². The lowest BCUT2D eigenvalue weighted by atomic mass is 9.89. The normalized spacial score (nSPS) is 30.8. The molecule has 0 aromatic carbocycles. The highest BCUT2D eigenvalue weighted by Gasteiger charge is 2.42. The van der Waals surface area contributed by atoms with E-state index in [0.29, 0.717) is 6.42 Å². The van der Waals surface area contributed by atoms with Crippen LogP contribution in [0.25, 0.3) is 0 Å². The Hall–Kier alpha value is -1.05. The van der Waals surface area contributed by atoms with Crippen LogP contribution in [-0.4, -0.2) is 50.6 Å². The SMILES string of the molecule is CCCCC(F)(F)[C@@H](O)C=C[C@@H]1[C@@H](CC(=O)O)[C@@H](O)C[C@H]1O. The first-order valence-electron chi connectivity index (χ1n) is 7.51. The summed E-state index contributed by atoms with van der Waals surface area (Å²) >= 11 is 0. The largest absolute Gasteiger partial charge is 0.481 e. The fourth-order valence-electron chi connectivity index (χ4n) is 2.80. The molecule has 0 heterocycles. The standard InChI is InChI=1S/C15H24F2O5/c1-2-3-6-15(16,17)13(20)5-4-9-10(7-14(21)22)12(19)8-11(9)18/h4-5,9-13,18-20H,2-3,6-8H2,1H3,(H,21,22)/t9-,10-,11-,12+,13+/m1/s1. The second-order valence-electron chi connectivity index (χ2n) is 5.90. The summed E-state index contributed by atoms with van der Waals surface area (Å²) in [5.41, 5.74) is 0. The van der Waals surface area contributed by atoms with Crippen molar-refractivity contribution in [1.82, 2.24) is 0 Å². The monoisotopic (exact) mass is 322 g/mol. The number of carboxylic acid groups (broad SMARTS) is 1. The van der Waals surface area contributed by atoms with Crippen molar-refractivity contribution in [1.29, 1.82) is 0 Å². The van der Waals surface area contributed by atoms with Gasteiger partial charge >= 0.3 is 5.97 Å². The molecule has 0 aromatic heterocycles. The Morgan fingerprint density at radius 3 is 2.55 bits per heavy atom. The first-order chi connectivity index (χ1) is 10.2. The van der Waals surface area contributed by atoms with E-state index >= 15 is 0 Å². The van der Waals surface area contributed by atoms with Crippen molar-refractivity contribution in [2.24, 2.45) is 11.8 Å². The van der Waals surface area contributed by atoms with Gasteiger partial charge in [-0.1, -0.05) is 25.5 Å². The van der Waals surface area contributed by atoms with E-state index in [2.05, 4.69) is 0 Å². The summed E-state index contributed by atoms with van der Waals surface area (Å²) in [6.07, 6.45) is -1.84. The lowest BCUT2D eigenvalue weighted by Crippen LogP contribution is -2.32. The first kappa shape index (κ1) is 19.0. The van der Waals surface area contributed by atoms with Gasteiger partial charge in [-0.15, -0.1) is 0 Å². The van der Waals surface area contributed by atoms with Gasteiger partial charge in [-0.25, -0.2) is 8.78 Å². The van der Waals surface area contributed by atoms with Crippen LogP contribution in [0.2, 0.25) is 0 Å². The van der Waals surface area contributed by atoms with Crippen molar-refractivity contribution in [2.75, 3.05) is 0 Å². The van der Waals surface area contributed by atoms with Crippen LogP contribution in [-0.2, 0) is 4.79 Å². The van der Waals surface area contributed by atoms with Crippen molar-refractivity contribution in [3.8, 4) is 0 Å². The summed E-state index contributed by atoms with van der Waals surface area (Å²) in [6.45, 7) is 1.77. The molecule has 0 aliphatic heterocycles. The minimum atomic E-state index is -3.27. The summed E-state index contributed by atoms with van der Waals surface area (Å²) in [4.78, 5) is 10.8. The van der Waals surface area contributed by atoms with Crippen LogP contribution in [0.4, 0.5) is 8.78 Å². The highest BCUT2D eigenvalue weighted by molar-refractivity contribution is 5.67. The summed E-state index contributed by atoms with van der Waals surface area (Å²) in [7, 11) is 0. The second kappa shape index (κ2) is 7.99. The molecular weight excluding hydrogens is 298 g/mol. The average Bonchev–Trinajstić information content (AvgIpc) is 2.68. The van der Waals surface area contributed by atoms with Crippen LogP contribution in [0, 0.1) is 11.8 Å². The van der Waals surface area contributed by atoms with Crippen LogP contribution >= 0.6 is 0 Å². The summed E-state index contributed by atoms with van der Waals surface area (Å²) in [6, 6.07) is 0. The van der Waals surface area contributed by atoms with E-state index in [1.807, 2.05) is 0 Å². The van der Waals surface area contributed by atoms with E-state index in [4.69, 9.17) is 5.11 Å². The van der Waals surface area contributed by atoms with Gasteiger partial charge < -0.3 is 20.4 Å². The van der Waals surface area contributed by atoms with E-state index in [9.17, 15) is 28.9 Å².